The quantitative estimate of drug-likeness (QED) is 0.671. The zero-order chi connectivity index (χ0) is 8.93. The molecule has 2 rings (SSSR count). The summed E-state index contributed by atoms with van der Waals surface area (Å²) in [5.41, 5.74) is 2.06. The molecule has 1 N–H and O–H groups in total. The number of hydrogen-bond acceptors (Lipinski definition) is 1. The molecule has 0 aliphatic rings. The van der Waals surface area contributed by atoms with Crippen LogP contribution < -0.4 is 0 Å². The first-order valence-electron chi connectivity index (χ1n) is 4.17. The van der Waals surface area contributed by atoms with Gasteiger partial charge in [-0.3, -0.25) is 4.99 Å². The minimum atomic E-state index is 0.948. The summed E-state index contributed by atoms with van der Waals surface area (Å²) in [5, 5.41) is 0. The maximum absolute atomic E-state index is 4.28. The van der Waals surface area contributed by atoms with Crippen molar-refractivity contribution >= 4 is 11.9 Å². The zero-order valence-electron chi connectivity index (χ0n) is 7.14. The number of aromatic nitrogens is 1. The molecular formula is C11H10N2. The largest absolute Gasteiger partial charge is 0.366 e. The van der Waals surface area contributed by atoms with Crippen LogP contribution in [0.25, 0.3) is 0 Å². The molecule has 0 unspecified atom stereocenters. The van der Waals surface area contributed by atoms with Crippen molar-refractivity contribution in [2.24, 2.45) is 4.99 Å². The van der Waals surface area contributed by atoms with Crippen LogP contribution in [-0.4, -0.2) is 11.2 Å². The Hall–Kier alpha value is -1.83. The van der Waals surface area contributed by atoms with Gasteiger partial charge in [-0.2, -0.15) is 0 Å². The van der Waals surface area contributed by atoms with Gasteiger partial charge in [-0.1, -0.05) is 30.3 Å². The van der Waals surface area contributed by atoms with E-state index in [1.165, 1.54) is 0 Å². The average molecular weight is 170 g/mol. The zero-order valence-corrected chi connectivity index (χ0v) is 7.14. The molecule has 1 aromatic heterocycles. The molecule has 1 aromatic carbocycles. The highest BCUT2D eigenvalue weighted by atomic mass is 14.8. The number of H-pyrrole nitrogens is 1. The van der Waals surface area contributed by atoms with E-state index in [1.54, 1.807) is 0 Å². The summed E-state index contributed by atoms with van der Waals surface area (Å²) in [6.07, 6.45) is 5.57. The van der Waals surface area contributed by atoms with Gasteiger partial charge in [-0.15, -0.1) is 0 Å². The maximum Gasteiger partial charge on any atom is 0.0804 e. The number of hydrogen-bond donors (Lipinski definition) is 1. The normalized spacial score (nSPS) is 10.8. The van der Waals surface area contributed by atoms with Crippen molar-refractivity contribution in [3.63, 3.8) is 0 Å². The molecule has 0 bridgehead atoms. The smallest absolute Gasteiger partial charge is 0.0804 e. The number of nitrogens with zero attached hydrogens (tertiary/aromatic N) is 1. The minimum absolute atomic E-state index is 0.948. The van der Waals surface area contributed by atoms with Gasteiger partial charge in [-0.05, 0) is 11.6 Å². The molecule has 0 spiro atoms. The standard InChI is InChI=1S/C11H10N2/c1-2-4-10(5-3-1)8-13-11-6-7-12-9-11/h1-9,12H. The number of aliphatic imine (C=N–C) groups is 1. The predicted molar refractivity (Wildman–Crippen MR) is 54.5 cm³/mol. The van der Waals surface area contributed by atoms with Gasteiger partial charge >= 0.3 is 0 Å². The van der Waals surface area contributed by atoms with Crippen LogP contribution in [0.3, 0.4) is 0 Å². The first-order chi connectivity index (χ1) is 6.45. The molecule has 2 aromatic rings. The lowest BCUT2D eigenvalue weighted by Crippen LogP contribution is -1.76. The summed E-state index contributed by atoms with van der Waals surface area (Å²) >= 11 is 0. The fraction of sp³-hybridized carbons (Fsp3) is 0. The van der Waals surface area contributed by atoms with Gasteiger partial charge in [0.25, 0.3) is 0 Å². The van der Waals surface area contributed by atoms with E-state index in [0.717, 1.165) is 11.3 Å². The summed E-state index contributed by atoms with van der Waals surface area (Å²) in [4.78, 5) is 7.23. The first-order valence-corrected chi connectivity index (χ1v) is 4.17. The van der Waals surface area contributed by atoms with Crippen molar-refractivity contribution < 1.29 is 0 Å². The molecule has 2 nitrogen and oxygen atoms in total. The van der Waals surface area contributed by atoms with E-state index in [9.17, 15) is 0 Å². The third kappa shape index (κ3) is 2.06. The van der Waals surface area contributed by atoms with Crippen LogP contribution >= 0.6 is 0 Å². The van der Waals surface area contributed by atoms with E-state index in [0.29, 0.717) is 0 Å². The fourth-order valence-electron chi connectivity index (χ4n) is 1.08. The highest BCUT2D eigenvalue weighted by Crippen LogP contribution is 2.08. The highest BCUT2D eigenvalue weighted by molar-refractivity contribution is 5.81. The number of aromatic amines is 1. The predicted octanol–water partition coefficient (Wildman–Crippen LogP) is 2.77. The van der Waals surface area contributed by atoms with Crippen LogP contribution in [0.15, 0.2) is 53.8 Å². The van der Waals surface area contributed by atoms with E-state index in [4.69, 9.17) is 0 Å². The molecule has 64 valence electrons. The van der Waals surface area contributed by atoms with Gasteiger partial charge in [0.05, 0.1) is 5.69 Å². The van der Waals surface area contributed by atoms with E-state index in [-0.39, 0.29) is 0 Å². The molecule has 0 saturated carbocycles. The van der Waals surface area contributed by atoms with Gasteiger partial charge in [0.15, 0.2) is 0 Å². The van der Waals surface area contributed by atoms with Crippen LogP contribution in [0.1, 0.15) is 5.56 Å². The van der Waals surface area contributed by atoms with Crippen molar-refractivity contribution in [2.75, 3.05) is 0 Å². The number of nitrogens with one attached hydrogen (secondary N) is 1. The summed E-state index contributed by atoms with van der Waals surface area (Å²) in [6.45, 7) is 0. The van der Waals surface area contributed by atoms with Gasteiger partial charge < -0.3 is 4.98 Å². The third-order valence-corrected chi connectivity index (χ3v) is 1.74. The average Bonchev–Trinajstić information content (AvgIpc) is 2.69. The third-order valence-electron chi connectivity index (χ3n) is 1.74. The maximum atomic E-state index is 4.28. The lowest BCUT2D eigenvalue weighted by atomic mass is 10.2. The van der Waals surface area contributed by atoms with Gasteiger partial charge in [0.2, 0.25) is 0 Å². The van der Waals surface area contributed by atoms with Crippen molar-refractivity contribution in [3.8, 4) is 0 Å². The summed E-state index contributed by atoms with van der Waals surface area (Å²) in [6, 6.07) is 12.0. The highest BCUT2D eigenvalue weighted by Gasteiger charge is 1.86. The Kier molecular flexibility index (Phi) is 2.23. The van der Waals surface area contributed by atoms with E-state index < -0.39 is 0 Å². The van der Waals surface area contributed by atoms with E-state index in [2.05, 4.69) is 9.98 Å². The van der Waals surface area contributed by atoms with Crippen LogP contribution in [0.2, 0.25) is 0 Å². The van der Waals surface area contributed by atoms with Crippen LogP contribution in [-0.2, 0) is 0 Å². The Morgan fingerprint density at radius 1 is 1.08 bits per heavy atom. The van der Waals surface area contributed by atoms with Crippen molar-refractivity contribution in [1.29, 1.82) is 0 Å². The van der Waals surface area contributed by atoms with Crippen molar-refractivity contribution in [3.05, 3.63) is 54.4 Å². The molecule has 13 heavy (non-hydrogen) atoms. The Morgan fingerprint density at radius 2 is 1.92 bits per heavy atom. The van der Waals surface area contributed by atoms with Gasteiger partial charge in [0, 0.05) is 18.6 Å². The second-order valence-corrected chi connectivity index (χ2v) is 2.74. The topological polar surface area (TPSA) is 28.1 Å². The van der Waals surface area contributed by atoms with Crippen LogP contribution in [0.5, 0.6) is 0 Å². The molecule has 2 heteroatoms. The lowest BCUT2D eigenvalue weighted by Gasteiger charge is -1.89. The molecule has 1 heterocycles. The van der Waals surface area contributed by atoms with Crippen LogP contribution in [0, 0.1) is 0 Å². The molecule has 0 radical (unpaired) electrons. The Labute approximate surface area is 77.0 Å². The van der Waals surface area contributed by atoms with Crippen LogP contribution in [0.4, 0.5) is 5.69 Å². The molecule has 0 atom stereocenters. The number of rotatable bonds is 2. The first kappa shape index (κ1) is 7.80. The second-order valence-electron chi connectivity index (χ2n) is 2.74. The molecular weight excluding hydrogens is 160 g/mol. The summed E-state index contributed by atoms with van der Waals surface area (Å²) in [7, 11) is 0. The SMILES string of the molecule is C(=Nc1cc[nH]c1)c1ccccc1. The fourth-order valence-corrected chi connectivity index (χ4v) is 1.08. The molecule has 0 amide bonds. The molecule has 0 fully saturated rings. The van der Waals surface area contributed by atoms with Gasteiger partial charge in [-0.25, -0.2) is 0 Å². The lowest BCUT2D eigenvalue weighted by molar-refractivity contribution is 1.40. The summed E-state index contributed by atoms with van der Waals surface area (Å²) in [5.74, 6) is 0. The minimum Gasteiger partial charge on any atom is -0.366 e. The van der Waals surface area contributed by atoms with E-state index in [1.807, 2.05) is 55.0 Å². The number of benzene rings is 1. The van der Waals surface area contributed by atoms with Gasteiger partial charge in [0.1, 0.15) is 0 Å². The monoisotopic (exact) mass is 170 g/mol. The van der Waals surface area contributed by atoms with Crippen molar-refractivity contribution in [2.45, 2.75) is 0 Å². The van der Waals surface area contributed by atoms with Crippen molar-refractivity contribution in [1.82, 2.24) is 4.98 Å². The second kappa shape index (κ2) is 3.72. The molecule has 0 saturated heterocycles. The Bertz CT molecular complexity index is 374. The summed E-state index contributed by atoms with van der Waals surface area (Å²) < 4.78 is 0. The molecule has 0 aliphatic heterocycles. The molecule has 0 aliphatic carbocycles. The Morgan fingerprint density at radius 3 is 2.62 bits per heavy atom. The Balaban J connectivity index is 2.15. The van der Waals surface area contributed by atoms with E-state index >= 15 is 0 Å².